The van der Waals surface area contributed by atoms with Crippen LogP contribution < -0.4 is 10.3 Å². The topological polar surface area (TPSA) is 91.9 Å². The number of fused-ring (bicyclic) bond motifs is 1. The Morgan fingerprint density at radius 1 is 1.20 bits per heavy atom. The summed E-state index contributed by atoms with van der Waals surface area (Å²) in [6.45, 7) is 6.34. The Kier molecular flexibility index (Phi) is 4.52. The fraction of sp³-hybridized carbons (Fsp3) is 0.294. The first-order valence-corrected chi connectivity index (χ1v) is 10.0. The van der Waals surface area contributed by atoms with Crippen LogP contribution in [0, 0.1) is 0 Å². The second-order valence-corrected chi connectivity index (χ2v) is 9.64. The number of H-pyrrole nitrogens is 1. The Bertz CT molecular complexity index is 1060. The second-order valence-electron chi connectivity index (χ2n) is 6.76. The molecule has 3 aromatic rings. The maximum absolute atomic E-state index is 12.5. The number of hydrogen-bond donors (Lipinski definition) is 2. The fourth-order valence-electron chi connectivity index (χ4n) is 2.39. The van der Waals surface area contributed by atoms with Crippen molar-refractivity contribution in [3.8, 4) is 0 Å². The highest BCUT2D eigenvalue weighted by molar-refractivity contribution is 7.89. The van der Waals surface area contributed by atoms with Crippen LogP contribution in [0.4, 0.5) is 0 Å². The van der Waals surface area contributed by atoms with E-state index >= 15 is 0 Å². The molecule has 0 aliphatic rings. The molecule has 8 heteroatoms. The molecular formula is C17H19N3O3S2. The van der Waals surface area contributed by atoms with E-state index in [0.29, 0.717) is 10.2 Å². The molecule has 0 spiro atoms. The molecule has 0 saturated heterocycles. The van der Waals surface area contributed by atoms with E-state index < -0.39 is 10.0 Å². The molecule has 0 fully saturated rings. The van der Waals surface area contributed by atoms with Crippen LogP contribution in [0.1, 0.15) is 31.2 Å². The zero-order valence-corrected chi connectivity index (χ0v) is 15.8. The van der Waals surface area contributed by atoms with Crippen molar-refractivity contribution in [3.05, 3.63) is 57.5 Å². The highest BCUT2D eigenvalue weighted by Gasteiger charge is 2.18. The molecule has 0 atom stereocenters. The van der Waals surface area contributed by atoms with Gasteiger partial charge < -0.3 is 4.98 Å². The van der Waals surface area contributed by atoms with Gasteiger partial charge in [0.25, 0.3) is 5.56 Å². The van der Waals surface area contributed by atoms with Crippen LogP contribution in [0.15, 0.2) is 46.3 Å². The van der Waals surface area contributed by atoms with Gasteiger partial charge in [-0.25, -0.2) is 18.1 Å². The Labute approximate surface area is 150 Å². The van der Waals surface area contributed by atoms with Crippen LogP contribution in [0.2, 0.25) is 0 Å². The SMILES string of the molecule is CC(C)(C)c1ccc(S(=O)(=O)NCc2cc3c(=O)[nH]cnc3s2)cc1. The van der Waals surface area contributed by atoms with Crippen LogP contribution >= 0.6 is 11.3 Å². The lowest BCUT2D eigenvalue weighted by Gasteiger charge is -2.19. The molecule has 2 heterocycles. The van der Waals surface area contributed by atoms with E-state index in [4.69, 9.17) is 0 Å². The Hall–Kier alpha value is -2.03. The molecule has 6 nitrogen and oxygen atoms in total. The van der Waals surface area contributed by atoms with Crippen molar-refractivity contribution < 1.29 is 8.42 Å². The number of aromatic amines is 1. The van der Waals surface area contributed by atoms with E-state index in [-0.39, 0.29) is 22.4 Å². The molecule has 3 rings (SSSR count). The van der Waals surface area contributed by atoms with Gasteiger partial charge in [-0.05, 0) is 29.2 Å². The quantitative estimate of drug-likeness (QED) is 0.731. The zero-order valence-electron chi connectivity index (χ0n) is 14.2. The third-order valence-electron chi connectivity index (χ3n) is 3.85. The minimum absolute atomic E-state index is 0.0349. The molecule has 25 heavy (non-hydrogen) atoms. The zero-order chi connectivity index (χ0) is 18.2. The first-order chi connectivity index (χ1) is 11.7. The highest BCUT2D eigenvalue weighted by Crippen LogP contribution is 2.24. The predicted molar refractivity (Wildman–Crippen MR) is 99.4 cm³/mol. The lowest BCUT2D eigenvalue weighted by Crippen LogP contribution is -2.23. The molecule has 132 valence electrons. The number of aromatic nitrogens is 2. The van der Waals surface area contributed by atoms with Gasteiger partial charge in [0, 0.05) is 11.4 Å². The number of nitrogens with one attached hydrogen (secondary N) is 2. The first kappa shape index (κ1) is 17.8. The standard InChI is InChI=1S/C17H19N3O3S2/c1-17(2,3)11-4-6-13(7-5-11)25(22,23)20-9-12-8-14-15(21)18-10-19-16(14)24-12/h4-8,10,20H,9H2,1-3H3,(H,18,19,21). The van der Waals surface area contributed by atoms with Crippen molar-refractivity contribution in [1.82, 2.24) is 14.7 Å². The van der Waals surface area contributed by atoms with E-state index in [1.165, 1.54) is 17.7 Å². The smallest absolute Gasteiger partial charge is 0.259 e. The Morgan fingerprint density at radius 3 is 2.48 bits per heavy atom. The summed E-state index contributed by atoms with van der Waals surface area (Å²) in [6, 6.07) is 8.55. The number of benzene rings is 1. The minimum Gasteiger partial charge on any atom is -0.313 e. The van der Waals surface area contributed by atoms with Crippen LogP contribution in [-0.2, 0) is 22.0 Å². The highest BCUT2D eigenvalue weighted by atomic mass is 32.2. The van der Waals surface area contributed by atoms with Gasteiger partial charge in [0.15, 0.2) is 0 Å². The van der Waals surface area contributed by atoms with Crippen molar-refractivity contribution in [2.45, 2.75) is 37.6 Å². The predicted octanol–water partition coefficient (Wildman–Crippen LogP) is 2.76. The van der Waals surface area contributed by atoms with Crippen molar-refractivity contribution in [1.29, 1.82) is 0 Å². The molecule has 0 amide bonds. The number of sulfonamides is 1. The fourth-order valence-corrected chi connectivity index (χ4v) is 4.42. The molecule has 0 saturated carbocycles. The maximum atomic E-state index is 12.5. The summed E-state index contributed by atoms with van der Waals surface area (Å²) >= 11 is 1.30. The van der Waals surface area contributed by atoms with Gasteiger partial charge in [-0.15, -0.1) is 11.3 Å². The summed E-state index contributed by atoms with van der Waals surface area (Å²) in [5, 5.41) is 0.469. The van der Waals surface area contributed by atoms with E-state index in [9.17, 15) is 13.2 Å². The molecule has 2 N–H and O–H groups in total. The van der Waals surface area contributed by atoms with Gasteiger partial charge in [-0.2, -0.15) is 0 Å². The molecule has 0 aliphatic heterocycles. The average Bonchev–Trinajstić information content (AvgIpc) is 2.97. The molecule has 2 aromatic heterocycles. The van der Waals surface area contributed by atoms with Gasteiger partial charge in [-0.1, -0.05) is 32.9 Å². The van der Waals surface area contributed by atoms with E-state index in [1.54, 1.807) is 18.2 Å². The Balaban J connectivity index is 1.79. The van der Waals surface area contributed by atoms with Crippen LogP contribution in [0.5, 0.6) is 0 Å². The van der Waals surface area contributed by atoms with Gasteiger partial charge in [-0.3, -0.25) is 4.79 Å². The monoisotopic (exact) mass is 377 g/mol. The first-order valence-electron chi connectivity index (χ1n) is 7.73. The summed E-state index contributed by atoms with van der Waals surface area (Å²) < 4.78 is 27.5. The number of nitrogens with zero attached hydrogens (tertiary/aromatic N) is 1. The second kappa shape index (κ2) is 6.36. The van der Waals surface area contributed by atoms with E-state index in [0.717, 1.165) is 10.4 Å². The number of rotatable bonds is 4. The summed E-state index contributed by atoms with van der Waals surface area (Å²) in [6.07, 6.45) is 1.34. The molecule has 0 unspecified atom stereocenters. The van der Waals surface area contributed by atoms with Gasteiger partial charge in [0.1, 0.15) is 4.83 Å². The third-order valence-corrected chi connectivity index (χ3v) is 6.31. The maximum Gasteiger partial charge on any atom is 0.259 e. The van der Waals surface area contributed by atoms with E-state index in [1.807, 2.05) is 12.1 Å². The van der Waals surface area contributed by atoms with Crippen LogP contribution in [-0.4, -0.2) is 18.4 Å². The average molecular weight is 377 g/mol. The normalized spacial score (nSPS) is 12.6. The number of hydrogen-bond acceptors (Lipinski definition) is 5. The summed E-state index contributed by atoms with van der Waals surface area (Å²) in [7, 11) is -3.62. The molecule has 0 radical (unpaired) electrons. The van der Waals surface area contributed by atoms with Crippen molar-refractivity contribution >= 4 is 31.6 Å². The van der Waals surface area contributed by atoms with Crippen molar-refractivity contribution in [2.75, 3.05) is 0 Å². The lowest BCUT2D eigenvalue weighted by atomic mass is 9.87. The van der Waals surface area contributed by atoms with Gasteiger partial charge >= 0.3 is 0 Å². The van der Waals surface area contributed by atoms with Crippen LogP contribution in [0.3, 0.4) is 0 Å². The molecule has 0 aliphatic carbocycles. The summed E-state index contributed by atoms with van der Waals surface area (Å²) in [4.78, 5) is 19.8. The molecule has 1 aromatic carbocycles. The lowest BCUT2D eigenvalue weighted by molar-refractivity contribution is 0.578. The molecular weight excluding hydrogens is 358 g/mol. The summed E-state index contributed by atoms with van der Waals surface area (Å²) in [5.74, 6) is 0. The molecule has 0 bridgehead atoms. The number of thiophene rings is 1. The van der Waals surface area contributed by atoms with Crippen molar-refractivity contribution in [3.63, 3.8) is 0 Å². The van der Waals surface area contributed by atoms with Crippen LogP contribution in [0.25, 0.3) is 10.2 Å². The van der Waals surface area contributed by atoms with Gasteiger partial charge in [0.2, 0.25) is 10.0 Å². The van der Waals surface area contributed by atoms with Gasteiger partial charge in [0.05, 0.1) is 16.6 Å². The summed E-state index contributed by atoms with van der Waals surface area (Å²) in [5.41, 5.74) is 0.807. The largest absolute Gasteiger partial charge is 0.313 e. The Morgan fingerprint density at radius 2 is 1.88 bits per heavy atom. The van der Waals surface area contributed by atoms with Crippen molar-refractivity contribution in [2.24, 2.45) is 0 Å². The third kappa shape index (κ3) is 3.81. The van der Waals surface area contributed by atoms with E-state index in [2.05, 4.69) is 35.5 Å². The minimum atomic E-state index is -3.62.